The van der Waals surface area contributed by atoms with Gasteiger partial charge in [0, 0.05) is 44.6 Å². The highest BCUT2D eigenvalue weighted by atomic mass is 16.5. The van der Waals surface area contributed by atoms with Crippen molar-refractivity contribution >= 4 is 5.91 Å². The van der Waals surface area contributed by atoms with Crippen LogP contribution >= 0.6 is 0 Å². The molecule has 0 radical (unpaired) electrons. The van der Waals surface area contributed by atoms with Gasteiger partial charge in [-0.3, -0.25) is 14.7 Å². The largest absolute Gasteiger partial charge is 0.494 e. The summed E-state index contributed by atoms with van der Waals surface area (Å²) in [5, 5.41) is 6.42. The normalized spacial score (nSPS) is 17.4. The molecule has 1 aromatic carbocycles. The Balaban J connectivity index is 1.50. The van der Waals surface area contributed by atoms with Crippen molar-refractivity contribution in [2.75, 3.05) is 32.8 Å². The number of benzene rings is 1. The molecule has 2 heterocycles. The molecular formula is C21H28N4O2. The zero-order valence-electron chi connectivity index (χ0n) is 15.9. The molecule has 1 aromatic heterocycles. The van der Waals surface area contributed by atoms with Crippen LogP contribution in [0.4, 0.5) is 0 Å². The second-order valence-corrected chi connectivity index (χ2v) is 6.75. The van der Waals surface area contributed by atoms with E-state index in [0.29, 0.717) is 13.1 Å². The van der Waals surface area contributed by atoms with E-state index in [-0.39, 0.29) is 11.9 Å². The summed E-state index contributed by atoms with van der Waals surface area (Å²) in [7, 11) is 0. The van der Waals surface area contributed by atoms with Gasteiger partial charge in [-0.15, -0.1) is 0 Å². The molecule has 2 aromatic rings. The summed E-state index contributed by atoms with van der Waals surface area (Å²) in [5.74, 6) is 0.907. The lowest BCUT2D eigenvalue weighted by Gasteiger charge is -2.35. The van der Waals surface area contributed by atoms with Crippen LogP contribution in [-0.4, -0.2) is 48.6 Å². The summed E-state index contributed by atoms with van der Waals surface area (Å²) in [6, 6.07) is 12.1. The standard InChI is InChI=1S/C21H28N4O2/c1-2-12-27-19-7-5-17(6-8-19)13-24-21(26)16-25-11-10-23-15-20(25)18-4-3-9-22-14-18/h3-9,14,20,23H,2,10-13,15-16H2,1H3,(H,24,26). The van der Waals surface area contributed by atoms with E-state index in [4.69, 9.17) is 4.74 Å². The third-order valence-electron chi connectivity index (χ3n) is 4.66. The van der Waals surface area contributed by atoms with Crippen LogP contribution in [0.25, 0.3) is 0 Å². The van der Waals surface area contributed by atoms with Gasteiger partial charge in [-0.2, -0.15) is 0 Å². The number of piperazine rings is 1. The SMILES string of the molecule is CCCOc1ccc(CNC(=O)CN2CCNCC2c2cccnc2)cc1. The van der Waals surface area contributed by atoms with Crippen molar-refractivity contribution in [3.63, 3.8) is 0 Å². The Morgan fingerprint density at radius 2 is 2.19 bits per heavy atom. The average Bonchev–Trinajstić information content (AvgIpc) is 2.72. The molecule has 1 aliphatic heterocycles. The second-order valence-electron chi connectivity index (χ2n) is 6.75. The number of aromatic nitrogens is 1. The fourth-order valence-electron chi connectivity index (χ4n) is 3.20. The van der Waals surface area contributed by atoms with Crippen LogP contribution in [0.2, 0.25) is 0 Å². The van der Waals surface area contributed by atoms with E-state index in [9.17, 15) is 4.79 Å². The maximum absolute atomic E-state index is 12.5. The molecule has 1 fully saturated rings. The number of carbonyl (C=O) groups is 1. The Kier molecular flexibility index (Phi) is 7.19. The number of nitrogens with one attached hydrogen (secondary N) is 2. The minimum Gasteiger partial charge on any atom is -0.494 e. The van der Waals surface area contributed by atoms with Crippen LogP contribution in [0.3, 0.4) is 0 Å². The Morgan fingerprint density at radius 3 is 2.93 bits per heavy atom. The van der Waals surface area contributed by atoms with Crippen molar-refractivity contribution < 1.29 is 9.53 Å². The topological polar surface area (TPSA) is 66.5 Å². The van der Waals surface area contributed by atoms with Gasteiger partial charge in [0.2, 0.25) is 5.91 Å². The molecule has 2 N–H and O–H groups in total. The number of amides is 1. The van der Waals surface area contributed by atoms with Crippen LogP contribution in [0.5, 0.6) is 5.75 Å². The molecule has 0 bridgehead atoms. The highest BCUT2D eigenvalue weighted by Gasteiger charge is 2.25. The Bertz CT molecular complexity index is 706. The van der Waals surface area contributed by atoms with Gasteiger partial charge in [0.15, 0.2) is 0 Å². The molecule has 1 amide bonds. The molecule has 0 aliphatic carbocycles. The van der Waals surface area contributed by atoms with Crippen molar-refractivity contribution in [2.45, 2.75) is 25.9 Å². The van der Waals surface area contributed by atoms with Gasteiger partial charge in [0.1, 0.15) is 5.75 Å². The van der Waals surface area contributed by atoms with Crippen molar-refractivity contribution in [1.29, 1.82) is 0 Å². The fourth-order valence-corrected chi connectivity index (χ4v) is 3.20. The van der Waals surface area contributed by atoms with Crippen LogP contribution in [0, 0.1) is 0 Å². The molecule has 1 aliphatic rings. The van der Waals surface area contributed by atoms with E-state index < -0.39 is 0 Å². The quantitative estimate of drug-likeness (QED) is 0.747. The van der Waals surface area contributed by atoms with E-state index in [1.807, 2.05) is 36.5 Å². The molecular weight excluding hydrogens is 340 g/mol. The van der Waals surface area contributed by atoms with Gasteiger partial charge in [0.05, 0.1) is 13.2 Å². The molecule has 0 spiro atoms. The first-order valence-corrected chi connectivity index (χ1v) is 9.59. The van der Waals surface area contributed by atoms with E-state index in [1.54, 1.807) is 6.20 Å². The van der Waals surface area contributed by atoms with Gasteiger partial charge in [-0.05, 0) is 35.7 Å². The number of nitrogens with zero attached hydrogens (tertiary/aromatic N) is 2. The zero-order chi connectivity index (χ0) is 18.9. The van der Waals surface area contributed by atoms with Crippen molar-refractivity contribution in [1.82, 2.24) is 20.5 Å². The monoisotopic (exact) mass is 368 g/mol. The van der Waals surface area contributed by atoms with E-state index >= 15 is 0 Å². The Hall–Kier alpha value is -2.44. The van der Waals surface area contributed by atoms with Gasteiger partial charge >= 0.3 is 0 Å². The van der Waals surface area contributed by atoms with Crippen LogP contribution < -0.4 is 15.4 Å². The zero-order valence-corrected chi connectivity index (χ0v) is 15.9. The smallest absolute Gasteiger partial charge is 0.234 e. The maximum atomic E-state index is 12.5. The summed E-state index contributed by atoms with van der Waals surface area (Å²) < 4.78 is 5.59. The molecule has 1 unspecified atom stereocenters. The first-order chi connectivity index (χ1) is 13.3. The van der Waals surface area contributed by atoms with Crippen molar-refractivity contribution in [3.05, 3.63) is 59.9 Å². The highest BCUT2D eigenvalue weighted by Crippen LogP contribution is 2.20. The molecule has 0 saturated carbocycles. The highest BCUT2D eigenvalue weighted by molar-refractivity contribution is 5.78. The Morgan fingerprint density at radius 1 is 1.33 bits per heavy atom. The van der Waals surface area contributed by atoms with Gasteiger partial charge in [0.25, 0.3) is 0 Å². The predicted molar refractivity (Wildman–Crippen MR) is 105 cm³/mol. The van der Waals surface area contributed by atoms with Crippen molar-refractivity contribution in [2.24, 2.45) is 0 Å². The molecule has 144 valence electrons. The molecule has 6 heteroatoms. The maximum Gasteiger partial charge on any atom is 0.234 e. The number of pyridine rings is 1. The average molecular weight is 368 g/mol. The van der Waals surface area contributed by atoms with E-state index in [2.05, 4.69) is 33.5 Å². The minimum atomic E-state index is 0.0390. The molecule has 27 heavy (non-hydrogen) atoms. The van der Waals surface area contributed by atoms with Crippen molar-refractivity contribution in [3.8, 4) is 5.75 Å². The third-order valence-corrected chi connectivity index (χ3v) is 4.66. The predicted octanol–water partition coefficient (Wildman–Crippen LogP) is 2.13. The van der Waals surface area contributed by atoms with Gasteiger partial charge in [-0.25, -0.2) is 0 Å². The summed E-state index contributed by atoms with van der Waals surface area (Å²) >= 11 is 0. The lowest BCUT2D eigenvalue weighted by Crippen LogP contribution is -2.49. The Labute approximate surface area is 160 Å². The lowest BCUT2D eigenvalue weighted by atomic mass is 10.1. The number of ether oxygens (including phenoxy) is 1. The molecule has 1 saturated heterocycles. The van der Waals surface area contributed by atoms with E-state index in [0.717, 1.165) is 49.5 Å². The first-order valence-electron chi connectivity index (χ1n) is 9.59. The number of rotatable bonds is 8. The summed E-state index contributed by atoms with van der Waals surface area (Å²) in [5.41, 5.74) is 2.21. The fraction of sp³-hybridized carbons (Fsp3) is 0.429. The number of hydrogen-bond donors (Lipinski definition) is 2. The number of hydrogen-bond acceptors (Lipinski definition) is 5. The third kappa shape index (κ3) is 5.77. The van der Waals surface area contributed by atoms with Crippen LogP contribution in [0.1, 0.15) is 30.5 Å². The second kappa shape index (κ2) is 10.0. The summed E-state index contributed by atoms with van der Waals surface area (Å²) in [6.45, 7) is 6.29. The summed E-state index contributed by atoms with van der Waals surface area (Å²) in [4.78, 5) is 18.9. The van der Waals surface area contributed by atoms with E-state index in [1.165, 1.54) is 0 Å². The number of carbonyl (C=O) groups excluding carboxylic acids is 1. The summed E-state index contributed by atoms with van der Waals surface area (Å²) in [6.07, 6.45) is 4.64. The van der Waals surface area contributed by atoms with Crippen LogP contribution in [0.15, 0.2) is 48.8 Å². The molecule has 6 nitrogen and oxygen atoms in total. The van der Waals surface area contributed by atoms with Gasteiger partial charge in [-0.1, -0.05) is 25.1 Å². The molecule has 1 atom stereocenters. The first kappa shape index (κ1) is 19.3. The van der Waals surface area contributed by atoms with Gasteiger partial charge < -0.3 is 15.4 Å². The van der Waals surface area contributed by atoms with Crippen LogP contribution in [-0.2, 0) is 11.3 Å². The molecule has 3 rings (SSSR count). The lowest BCUT2D eigenvalue weighted by molar-refractivity contribution is -0.123. The minimum absolute atomic E-state index is 0.0390.